The van der Waals surface area contributed by atoms with E-state index in [-0.39, 0.29) is 0 Å². The van der Waals surface area contributed by atoms with Gasteiger partial charge in [0, 0.05) is 114 Å². The van der Waals surface area contributed by atoms with Crippen LogP contribution in [-0.2, 0) is 0 Å². The summed E-state index contributed by atoms with van der Waals surface area (Å²) in [5.41, 5.74) is 33.7. The number of aromatic nitrogens is 9. The maximum atomic E-state index is 2.59. The highest BCUT2D eigenvalue weighted by Gasteiger charge is 2.28. The molecule has 0 saturated carbocycles. The second-order valence-electron chi connectivity index (χ2n) is 32.2. The third kappa shape index (κ3) is 7.48. The highest BCUT2D eigenvalue weighted by Crippen LogP contribution is 2.49. The van der Waals surface area contributed by atoms with Crippen molar-refractivity contribution in [3.63, 3.8) is 0 Å². The molecule has 0 bridgehead atoms. The highest BCUT2D eigenvalue weighted by molar-refractivity contribution is 6.29. The van der Waals surface area contributed by atoms with Crippen LogP contribution in [0.5, 0.6) is 0 Å². The van der Waals surface area contributed by atoms with Gasteiger partial charge in [-0.2, -0.15) is 0 Å². The normalized spacial score (nSPS) is 12.8. The van der Waals surface area contributed by atoms with E-state index in [1.54, 1.807) is 0 Å². The number of benzene rings is 18. The van der Waals surface area contributed by atoms with Gasteiger partial charge >= 0.3 is 0 Å². The lowest BCUT2D eigenvalue weighted by Gasteiger charge is -2.11. The predicted octanol–water partition coefficient (Wildman–Crippen LogP) is 28.0. The van der Waals surface area contributed by atoms with Crippen molar-refractivity contribution in [2.24, 2.45) is 0 Å². The van der Waals surface area contributed by atoms with Crippen molar-refractivity contribution in [2.75, 3.05) is 0 Å². The summed E-state index contributed by atoms with van der Waals surface area (Å²) in [7, 11) is 0. The van der Waals surface area contributed by atoms with Crippen molar-refractivity contribution in [2.45, 2.75) is 0 Å². The average molecular weight is 1480 g/mol. The lowest BCUT2D eigenvalue weighted by molar-refractivity contribution is 1.18. The number of fused-ring (bicyclic) bond motifs is 35. The Bertz CT molecular complexity index is 9640. The fourth-order valence-electron chi connectivity index (χ4n) is 22.2. The Kier molecular flexibility index (Phi) is 11.3. The van der Waals surface area contributed by atoms with Crippen molar-refractivity contribution < 1.29 is 0 Å². The minimum absolute atomic E-state index is 1.10. The summed E-state index contributed by atoms with van der Waals surface area (Å²) in [6, 6.07) is 140. The Hall–Kier alpha value is -15.8. The van der Waals surface area contributed by atoms with E-state index in [9.17, 15) is 0 Å². The van der Waals surface area contributed by atoms with Crippen molar-refractivity contribution >= 4 is 229 Å². The van der Waals surface area contributed by atoms with E-state index < -0.39 is 0 Å². The maximum absolute atomic E-state index is 2.59. The molecule has 0 aliphatic rings. The molecular formula is C108H61N9. The quantitative estimate of drug-likeness (QED) is 0.169. The standard InChI is InChI=1S/C108H61N9/c1-8-32-84-67(22-1)68-23-2-9-33-85(68)109(84)63-47-56-93-82(59-63)77-52-51-76-71-26-5-13-37-89(71)116-101-45-21-31-74-81-61-65(49-55-92(81)113(104(74)101)96-40-16-18-42-98(96)115(93)107(77)106(76)116)111-90-38-14-7-28-79(90)102-66(29-19-43-99(102)111)62-46-54-91-80(58-62)72-27-6-10-34-86(72)110(91)64-48-57-94-83(60-64)78-53-50-75-70-25-4-12-36-88(70)114-97-41-17-15-39-95(97)112-87-35-11-3-24-69(87)73-30-20-44-100(103(73)112)117(94)108(78)105(75)114/h1-61H. The smallest absolute Gasteiger partial charge is 0.0789 e. The van der Waals surface area contributed by atoms with Gasteiger partial charge in [-0.1, -0.05) is 218 Å². The van der Waals surface area contributed by atoms with Crippen LogP contribution < -0.4 is 0 Å². The monoisotopic (exact) mass is 1480 g/mol. The summed E-state index contributed by atoms with van der Waals surface area (Å²) in [4.78, 5) is 0. The van der Waals surface area contributed by atoms with Crippen molar-refractivity contribution in [3.8, 4) is 28.2 Å². The summed E-state index contributed by atoms with van der Waals surface area (Å²) in [6.07, 6.45) is 0. The highest BCUT2D eigenvalue weighted by atomic mass is 15.1. The second kappa shape index (κ2) is 21.7. The molecule has 0 unspecified atom stereocenters. The predicted molar refractivity (Wildman–Crippen MR) is 491 cm³/mol. The van der Waals surface area contributed by atoms with Gasteiger partial charge in [-0.05, 0) is 163 Å². The van der Waals surface area contributed by atoms with Crippen molar-refractivity contribution in [1.29, 1.82) is 0 Å². The molecule has 29 rings (SSSR count). The molecule has 0 N–H and O–H groups in total. The first kappa shape index (κ1) is 60.8. The number of rotatable bonds is 4. The van der Waals surface area contributed by atoms with Gasteiger partial charge in [0.2, 0.25) is 0 Å². The molecule has 0 radical (unpaired) electrons. The topological polar surface area (TPSA) is 41.2 Å². The molecule has 18 aromatic carbocycles. The van der Waals surface area contributed by atoms with E-state index in [0.717, 1.165) is 94.3 Å². The van der Waals surface area contributed by atoms with Crippen LogP contribution in [0.1, 0.15) is 0 Å². The van der Waals surface area contributed by atoms with E-state index in [1.807, 2.05) is 0 Å². The van der Waals surface area contributed by atoms with E-state index in [4.69, 9.17) is 0 Å². The Morgan fingerprint density at radius 2 is 0.368 bits per heavy atom. The molecule has 29 aromatic rings. The van der Waals surface area contributed by atoms with Gasteiger partial charge in [0.05, 0.1) is 132 Å². The zero-order chi connectivity index (χ0) is 75.5. The molecule has 538 valence electrons. The molecule has 0 aliphatic heterocycles. The molecule has 9 nitrogen and oxygen atoms in total. The molecule has 0 fully saturated rings. The third-order valence-corrected chi connectivity index (χ3v) is 26.8. The van der Waals surface area contributed by atoms with E-state index in [2.05, 4.69) is 410 Å². The van der Waals surface area contributed by atoms with E-state index in [0.29, 0.717) is 0 Å². The molecule has 117 heavy (non-hydrogen) atoms. The van der Waals surface area contributed by atoms with Crippen LogP contribution in [0.2, 0.25) is 0 Å². The van der Waals surface area contributed by atoms with Crippen LogP contribution in [0.25, 0.3) is 258 Å². The summed E-state index contributed by atoms with van der Waals surface area (Å²) in [5, 5.41) is 21.9. The number of hydrogen-bond acceptors (Lipinski definition) is 0. The molecule has 0 aliphatic carbocycles. The summed E-state index contributed by atoms with van der Waals surface area (Å²) >= 11 is 0. The average Bonchev–Trinajstić information content (AvgIpc) is 1.52. The van der Waals surface area contributed by atoms with Crippen LogP contribution in [-0.4, -0.2) is 40.1 Å². The Balaban J connectivity index is 0.633. The number of nitrogens with zero attached hydrogens (tertiary/aromatic N) is 9. The van der Waals surface area contributed by atoms with Crippen molar-refractivity contribution in [3.05, 3.63) is 370 Å². The SMILES string of the molecule is c1ccc2c(c1)c1ccccc1n2-c1ccc2c(c1)c1ccc3c4ccccc4n4c5cccc6c7cc(-n8c9ccccc9c9c(-c%10ccc%11c(c%10)c%10ccccc%10n%11-c%10ccc%11c(c%10)c%10ccc%12c%13ccccc%13n%13c%14ccccc%14n%14c%15ccccc%15c%15cccc(c%15%14)n%11c%10c%12%13)cccc98)ccc7n(c7ccccc7n2c1c34)c65. The fraction of sp³-hybridized carbons (Fsp3) is 0. The van der Waals surface area contributed by atoms with E-state index in [1.165, 1.54) is 163 Å². The van der Waals surface area contributed by atoms with Crippen LogP contribution in [0.4, 0.5) is 0 Å². The lowest BCUT2D eigenvalue weighted by atomic mass is 9.98. The third-order valence-electron chi connectivity index (χ3n) is 26.8. The minimum atomic E-state index is 1.10. The van der Waals surface area contributed by atoms with Gasteiger partial charge in [0.1, 0.15) is 0 Å². The fourth-order valence-corrected chi connectivity index (χ4v) is 22.2. The molecule has 0 spiro atoms. The maximum Gasteiger partial charge on any atom is 0.0789 e. The Morgan fingerprint density at radius 3 is 0.786 bits per heavy atom. The first-order valence-electron chi connectivity index (χ1n) is 40.5. The molecule has 0 saturated heterocycles. The number of hydrogen-bond donors (Lipinski definition) is 0. The Labute approximate surface area is 663 Å². The number of para-hydroxylation sites is 13. The first-order valence-corrected chi connectivity index (χ1v) is 40.5. The lowest BCUT2D eigenvalue weighted by Crippen LogP contribution is -1.95. The van der Waals surface area contributed by atoms with Gasteiger partial charge in [0.15, 0.2) is 0 Å². The molecule has 9 heteroatoms. The van der Waals surface area contributed by atoms with Crippen LogP contribution in [0, 0.1) is 0 Å². The second-order valence-corrected chi connectivity index (χ2v) is 32.2. The summed E-state index contributed by atoms with van der Waals surface area (Å²) in [5.74, 6) is 0. The van der Waals surface area contributed by atoms with Gasteiger partial charge < -0.3 is 40.1 Å². The van der Waals surface area contributed by atoms with Crippen molar-refractivity contribution in [1.82, 2.24) is 40.1 Å². The van der Waals surface area contributed by atoms with Gasteiger partial charge in [-0.3, -0.25) is 0 Å². The first-order chi connectivity index (χ1) is 58.1. The van der Waals surface area contributed by atoms with E-state index >= 15 is 0 Å². The van der Waals surface area contributed by atoms with Crippen LogP contribution in [0.3, 0.4) is 0 Å². The molecule has 0 amide bonds. The van der Waals surface area contributed by atoms with Gasteiger partial charge in [-0.25, -0.2) is 0 Å². The molecule has 0 atom stereocenters. The summed E-state index contributed by atoms with van der Waals surface area (Å²) in [6.45, 7) is 0. The largest absolute Gasteiger partial charge is 0.309 e. The Morgan fingerprint density at radius 1 is 0.128 bits per heavy atom. The molecule has 11 aromatic heterocycles. The zero-order valence-corrected chi connectivity index (χ0v) is 62.7. The van der Waals surface area contributed by atoms with Crippen LogP contribution in [0.15, 0.2) is 370 Å². The summed E-state index contributed by atoms with van der Waals surface area (Å²) < 4.78 is 22.9. The molecule has 11 heterocycles. The molecular weight excluding hydrogens is 1420 g/mol. The zero-order valence-electron chi connectivity index (χ0n) is 62.7. The van der Waals surface area contributed by atoms with Gasteiger partial charge in [0.25, 0.3) is 0 Å². The minimum Gasteiger partial charge on any atom is -0.309 e. The van der Waals surface area contributed by atoms with Gasteiger partial charge in [-0.15, -0.1) is 0 Å². The van der Waals surface area contributed by atoms with Crippen LogP contribution >= 0.6 is 0 Å².